The summed E-state index contributed by atoms with van der Waals surface area (Å²) in [6.45, 7) is 3.63. The number of nitriles is 1. The molecule has 0 unspecified atom stereocenters. The van der Waals surface area contributed by atoms with E-state index in [-0.39, 0.29) is 0 Å². The topological polar surface area (TPSA) is 64.3 Å². The van der Waals surface area contributed by atoms with Crippen molar-refractivity contribution in [2.24, 2.45) is 5.41 Å². The minimum absolute atomic E-state index is 0.412. The minimum Gasteiger partial charge on any atom is -0.481 e. The first-order valence-electron chi connectivity index (χ1n) is 4.41. The Morgan fingerprint density at radius 3 is 2.54 bits per heavy atom. The van der Waals surface area contributed by atoms with Gasteiger partial charge < -0.3 is 5.11 Å². The van der Waals surface area contributed by atoms with Crippen molar-refractivity contribution in [2.75, 3.05) is 19.6 Å². The standard InChI is InChI=1S/C9H14N2O2/c1-9(8(12)13)2-5-11(6-3-9)7-4-10/h2-3,5-7H2,1H3,(H,12,13). The number of carboxylic acid groups (broad SMARTS) is 1. The van der Waals surface area contributed by atoms with Gasteiger partial charge in [0.05, 0.1) is 18.0 Å². The van der Waals surface area contributed by atoms with Crippen LogP contribution in [0.1, 0.15) is 19.8 Å². The average Bonchev–Trinajstić information content (AvgIpc) is 2.09. The molecular weight excluding hydrogens is 168 g/mol. The molecule has 1 fully saturated rings. The third-order valence-corrected chi connectivity index (χ3v) is 2.77. The highest BCUT2D eigenvalue weighted by atomic mass is 16.4. The Labute approximate surface area is 77.8 Å². The molecule has 0 spiro atoms. The normalized spacial score (nSPS) is 22.2. The molecule has 0 aromatic carbocycles. The van der Waals surface area contributed by atoms with E-state index in [2.05, 4.69) is 6.07 Å². The van der Waals surface area contributed by atoms with Crippen molar-refractivity contribution in [3.05, 3.63) is 0 Å². The molecule has 4 heteroatoms. The summed E-state index contributed by atoms with van der Waals surface area (Å²) < 4.78 is 0. The lowest BCUT2D eigenvalue weighted by Crippen LogP contribution is -2.42. The first-order valence-corrected chi connectivity index (χ1v) is 4.41. The number of hydrogen-bond acceptors (Lipinski definition) is 3. The van der Waals surface area contributed by atoms with Crippen molar-refractivity contribution in [2.45, 2.75) is 19.8 Å². The van der Waals surface area contributed by atoms with Crippen LogP contribution in [0.5, 0.6) is 0 Å². The van der Waals surface area contributed by atoms with Gasteiger partial charge in [-0.1, -0.05) is 0 Å². The number of piperidine rings is 1. The van der Waals surface area contributed by atoms with Crippen LogP contribution >= 0.6 is 0 Å². The maximum absolute atomic E-state index is 10.9. The van der Waals surface area contributed by atoms with E-state index in [1.54, 1.807) is 6.92 Å². The Hall–Kier alpha value is -1.08. The summed E-state index contributed by atoms with van der Waals surface area (Å²) >= 11 is 0. The maximum Gasteiger partial charge on any atom is 0.309 e. The van der Waals surface area contributed by atoms with Gasteiger partial charge in [0.15, 0.2) is 0 Å². The van der Waals surface area contributed by atoms with E-state index in [1.165, 1.54) is 0 Å². The Balaban J connectivity index is 2.48. The highest BCUT2D eigenvalue weighted by Crippen LogP contribution is 2.30. The lowest BCUT2D eigenvalue weighted by molar-refractivity contribution is -0.150. The Kier molecular flexibility index (Phi) is 2.89. The van der Waals surface area contributed by atoms with E-state index in [9.17, 15) is 4.79 Å². The minimum atomic E-state index is -0.718. The number of aliphatic carboxylic acids is 1. The molecule has 1 N–H and O–H groups in total. The van der Waals surface area contributed by atoms with Crippen molar-refractivity contribution >= 4 is 5.97 Å². The van der Waals surface area contributed by atoms with Crippen LogP contribution in [0.2, 0.25) is 0 Å². The number of likely N-dealkylation sites (tertiary alicyclic amines) is 1. The fraction of sp³-hybridized carbons (Fsp3) is 0.778. The molecule has 1 aliphatic rings. The molecule has 0 radical (unpaired) electrons. The molecule has 1 heterocycles. The SMILES string of the molecule is CC1(C(=O)O)CCN(CC#N)CC1. The second-order valence-electron chi connectivity index (χ2n) is 3.80. The van der Waals surface area contributed by atoms with E-state index in [1.807, 2.05) is 4.90 Å². The van der Waals surface area contributed by atoms with Gasteiger partial charge in [0.25, 0.3) is 0 Å². The summed E-state index contributed by atoms with van der Waals surface area (Å²) in [6, 6.07) is 2.07. The largest absolute Gasteiger partial charge is 0.481 e. The van der Waals surface area contributed by atoms with Crippen molar-refractivity contribution < 1.29 is 9.90 Å². The molecule has 0 bridgehead atoms. The predicted octanol–water partition coefficient (Wildman–Crippen LogP) is 0.697. The zero-order chi connectivity index (χ0) is 9.90. The molecular formula is C9H14N2O2. The lowest BCUT2D eigenvalue weighted by Gasteiger charge is -2.35. The first kappa shape index (κ1) is 10.0. The van der Waals surface area contributed by atoms with Gasteiger partial charge in [0.1, 0.15) is 0 Å². The lowest BCUT2D eigenvalue weighted by atomic mass is 9.80. The van der Waals surface area contributed by atoms with E-state index in [0.717, 1.165) is 13.1 Å². The van der Waals surface area contributed by atoms with Gasteiger partial charge in [-0.3, -0.25) is 9.69 Å². The maximum atomic E-state index is 10.9. The average molecular weight is 182 g/mol. The molecule has 1 aliphatic heterocycles. The van der Waals surface area contributed by atoms with Gasteiger partial charge in [0.2, 0.25) is 0 Å². The number of rotatable bonds is 2. The quantitative estimate of drug-likeness (QED) is 0.638. The Morgan fingerprint density at radius 1 is 1.62 bits per heavy atom. The summed E-state index contributed by atoms with van der Waals surface area (Å²) in [5, 5.41) is 17.4. The van der Waals surface area contributed by atoms with Gasteiger partial charge in [-0.25, -0.2) is 0 Å². The molecule has 0 aromatic rings. The van der Waals surface area contributed by atoms with Crippen molar-refractivity contribution in [1.29, 1.82) is 5.26 Å². The number of nitrogens with zero attached hydrogens (tertiary/aromatic N) is 2. The second kappa shape index (κ2) is 3.75. The van der Waals surface area contributed by atoms with Crippen LogP contribution in [0.3, 0.4) is 0 Å². The molecule has 0 saturated carbocycles. The summed E-state index contributed by atoms with van der Waals surface area (Å²) in [5.41, 5.74) is -0.577. The number of carbonyl (C=O) groups is 1. The van der Waals surface area contributed by atoms with Crippen molar-refractivity contribution in [3.8, 4) is 6.07 Å². The van der Waals surface area contributed by atoms with Crippen LogP contribution in [-0.4, -0.2) is 35.6 Å². The third-order valence-electron chi connectivity index (χ3n) is 2.77. The molecule has 0 amide bonds. The predicted molar refractivity (Wildman–Crippen MR) is 47.0 cm³/mol. The van der Waals surface area contributed by atoms with Gasteiger partial charge in [0, 0.05) is 13.1 Å². The monoisotopic (exact) mass is 182 g/mol. The van der Waals surface area contributed by atoms with Gasteiger partial charge in [-0.15, -0.1) is 0 Å². The zero-order valence-corrected chi connectivity index (χ0v) is 7.79. The van der Waals surface area contributed by atoms with E-state index >= 15 is 0 Å². The molecule has 0 atom stereocenters. The second-order valence-corrected chi connectivity index (χ2v) is 3.80. The van der Waals surface area contributed by atoms with E-state index in [4.69, 9.17) is 10.4 Å². The van der Waals surface area contributed by atoms with Crippen LogP contribution in [0, 0.1) is 16.7 Å². The smallest absolute Gasteiger partial charge is 0.309 e. The molecule has 1 saturated heterocycles. The van der Waals surface area contributed by atoms with Gasteiger partial charge in [-0.2, -0.15) is 5.26 Å². The van der Waals surface area contributed by atoms with Crippen LogP contribution in [-0.2, 0) is 4.79 Å². The molecule has 1 rings (SSSR count). The molecule has 0 aliphatic carbocycles. The third kappa shape index (κ3) is 2.19. The zero-order valence-electron chi connectivity index (χ0n) is 7.79. The fourth-order valence-electron chi connectivity index (χ4n) is 1.52. The Morgan fingerprint density at radius 2 is 2.15 bits per heavy atom. The van der Waals surface area contributed by atoms with Crippen molar-refractivity contribution in [3.63, 3.8) is 0 Å². The fourth-order valence-corrected chi connectivity index (χ4v) is 1.52. The molecule has 4 nitrogen and oxygen atoms in total. The van der Waals surface area contributed by atoms with Crippen LogP contribution in [0.15, 0.2) is 0 Å². The van der Waals surface area contributed by atoms with Gasteiger partial charge >= 0.3 is 5.97 Å². The number of carboxylic acids is 1. The summed E-state index contributed by atoms with van der Waals surface area (Å²) in [6.07, 6.45) is 1.29. The Bertz CT molecular complexity index is 236. The molecule has 72 valence electrons. The van der Waals surface area contributed by atoms with E-state index in [0.29, 0.717) is 19.4 Å². The van der Waals surface area contributed by atoms with Crippen molar-refractivity contribution in [1.82, 2.24) is 4.90 Å². The summed E-state index contributed by atoms with van der Waals surface area (Å²) in [4.78, 5) is 12.8. The van der Waals surface area contributed by atoms with Crippen LogP contribution < -0.4 is 0 Å². The highest BCUT2D eigenvalue weighted by Gasteiger charge is 2.36. The molecule has 13 heavy (non-hydrogen) atoms. The molecule has 0 aromatic heterocycles. The van der Waals surface area contributed by atoms with Crippen LogP contribution in [0.4, 0.5) is 0 Å². The van der Waals surface area contributed by atoms with Crippen LogP contribution in [0.25, 0.3) is 0 Å². The van der Waals surface area contributed by atoms with E-state index < -0.39 is 11.4 Å². The summed E-state index contributed by atoms with van der Waals surface area (Å²) in [7, 11) is 0. The summed E-state index contributed by atoms with van der Waals surface area (Å²) in [5.74, 6) is -0.718. The van der Waals surface area contributed by atoms with Gasteiger partial charge in [-0.05, 0) is 19.8 Å². The highest BCUT2D eigenvalue weighted by molar-refractivity contribution is 5.74. The first-order chi connectivity index (χ1) is 6.08. The number of hydrogen-bond donors (Lipinski definition) is 1.